The predicted molar refractivity (Wildman–Crippen MR) is 68.3 cm³/mol. The van der Waals surface area contributed by atoms with Gasteiger partial charge in [0.15, 0.2) is 29.1 Å². The smallest absolute Gasteiger partial charge is 0.194 e. The lowest BCUT2D eigenvalue weighted by molar-refractivity contribution is 0.0480. The highest BCUT2D eigenvalue weighted by Gasteiger charge is 2.30. The molecule has 0 radical (unpaired) electrons. The van der Waals surface area contributed by atoms with Gasteiger partial charge in [-0.05, 0) is 31.4 Å². The molecule has 1 aromatic carbocycles. The van der Waals surface area contributed by atoms with Crippen LogP contribution in [0.3, 0.4) is 0 Å². The number of benzene rings is 1. The third kappa shape index (κ3) is 3.43. The van der Waals surface area contributed by atoms with E-state index in [1.54, 1.807) is 0 Å². The molecule has 0 aromatic heterocycles. The van der Waals surface area contributed by atoms with Gasteiger partial charge >= 0.3 is 0 Å². The Labute approximate surface area is 119 Å². The highest BCUT2D eigenvalue weighted by molar-refractivity contribution is 5.61. The van der Waals surface area contributed by atoms with Crippen LogP contribution < -0.4 is 0 Å². The van der Waals surface area contributed by atoms with Crippen molar-refractivity contribution in [1.82, 2.24) is 0 Å². The minimum Gasteiger partial charge on any atom is -0.368 e. The first-order valence-electron chi connectivity index (χ1n) is 6.79. The van der Waals surface area contributed by atoms with Gasteiger partial charge in [0.2, 0.25) is 0 Å². The summed E-state index contributed by atoms with van der Waals surface area (Å²) < 4.78 is 72.2. The molecule has 2 rings (SSSR count). The van der Waals surface area contributed by atoms with Crippen LogP contribution >= 0.6 is 0 Å². The normalized spacial score (nSPS) is 23.3. The summed E-state index contributed by atoms with van der Waals surface area (Å²) in [6.07, 6.45) is 1.31. The summed E-state index contributed by atoms with van der Waals surface area (Å²) in [5, 5.41) is 0. The summed E-state index contributed by atoms with van der Waals surface area (Å²) in [7, 11) is 0. The maximum atomic E-state index is 14.0. The Balaban J connectivity index is 2.23. The molecule has 116 valence electrons. The summed E-state index contributed by atoms with van der Waals surface area (Å²) in [6.45, 7) is 1.95. The molecule has 1 fully saturated rings. The second-order valence-corrected chi connectivity index (χ2v) is 5.03. The summed E-state index contributed by atoms with van der Waals surface area (Å²) >= 11 is 0. The molecule has 6 heteroatoms. The van der Waals surface area contributed by atoms with Crippen LogP contribution in [0.5, 0.6) is 0 Å². The van der Waals surface area contributed by atoms with Crippen molar-refractivity contribution < 1.29 is 26.7 Å². The minimum atomic E-state index is -1.72. The highest BCUT2D eigenvalue weighted by Crippen LogP contribution is 2.33. The first kappa shape index (κ1) is 15.9. The first-order chi connectivity index (χ1) is 9.93. The Morgan fingerprint density at radius 1 is 1.14 bits per heavy atom. The molecule has 1 nitrogen and oxygen atoms in total. The Kier molecular flexibility index (Phi) is 4.98. The van der Waals surface area contributed by atoms with Gasteiger partial charge in [0.25, 0.3) is 0 Å². The topological polar surface area (TPSA) is 9.23 Å². The lowest BCUT2D eigenvalue weighted by Crippen LogP contribution is -2.12. The van der Waals surface area contributed by atoms with E-state index < -0.39 is 40.8 Å². The van der Waals surface area contributed by atoms with E-state index in [4.69, 9.17) is 4.74 Å². The van der Waals surface area contributed by atoms with Gasteiger partial charge in [0.05, 0.1) is 6.10 Å². The Bertz CT molecular complexity index is 532. The molecule has 0 spiro atoms. The van der Waals surface area contributed by atoms with Gasteiger partial charge in [-0.25, -0.2) is 22.0 Å². The van der Waals surface area contributed by atoms with Crippen molar-refractivity contribution in [2.24, 2.45) is 0 Å². The Morgan fingerprint density at radius 2 is 1.76 bits per heavy atom. The molecule has 0 saturated carbocycles. The fourth-order valence-corrected chi connectivity index (χ4v) is 2.39. The third-order valence-corrected chi connectivity index (χ3v) is 3.45. The first-order valence-corrected chi connectivity index (χ1v) is 6.79. The van der Waals surface area contributed by atoms with Crippen molar-refractivity contribution in [2.75, 3.05) is 0 Å². The molecular weight excluding hydrogens is 291 g/mol. The molecule has 0 N–H and O–H groups in total. The van der Waals surface area contributed by atoms with Gasteiger partial charge in [-0.2, -0.15) is 0 Å². The lowest BCUT2D eigenvalue weighted by atomic mass is 10.1. The van der Waals surface area contributed by atoms with E-state index in [1.165, 1.54) is 0 Å². The van der Waals surface area contributed by atoms with Crippen molar-refractivity contribution in [3.63, 3.8) is 0 Å². The van der Waals surface area contributed by atoms with Crippen molar-refractivity contribution in [3.05, 3.63) is 41.0 Å². The van der Waals surface area contributed by atoms with E-state index in [0.29, 0.717) is 25.0 Å². The quantitative estimate of drug-likeness (QED) is 0.558. The molecule has 0 amide bonds. The SMILES string of the molecule is CCCC1CCC(/C(F)=C(\F)c2cc(F)c(F)c(F)c2)O1. The second-order valence-electron chi connectivity index (χ2n) is 5.03. The molecule has 21 heavy (non-hydrogen) atoms. The fraction of sp³-hybridized carbons (Fsp3) is 0.467. The monoisotopic (exact) mass is 306 g/mol. The van der Waals surface area contributed by atoms with Crippen molar-refractivity contribution in [1.29, 1.82) is 0 Å². The summed E-state index contributed by atoms with van der Waals surface area (Å²) in [6, 6.07) is 0.845. The van der Waals surface area contributed by atoms with Crippen molar-refractivity contribution in [3.8, 4) is 0 Å². The van der Waals surface area contributed by atoms with E-state index >= 15 is 0 Å². The molecule has 1 aliphatic heterocycles. The highest BCUT2D eigenvalue weighted by atomic mass is 19.2. The zero-order valence-electron chi connectivity index (χ0n) is 11.4. The molecule has 1 aliphatic rings. The van der Waals surface area contributed by atoms with Crippen LogP contribution in [0.1, 0.15) is 38.2 Å². The van der Waals surface area contributed by atoms with Gasteiger partial charge in [-0.1, -0.05) is 13.3 Å². The third-order valence-electron chi connectivity index (χ3n) is 3.45. The van der Waals surface area contributed by atoms with Gasteiger partial charge in [0.1, 0.15) is 6.10 Å². The largest absolute Gasteiger partial charge is 0.368 e. The minimum absolute atomic E-state index is 0.139. The average Bonchev–Trinajstić information content (AvgIpc) is 2.91. The molecule has 0 bridgehead atoms. The van der Waals surface area contributed by atoms with Crippen LogP contribution in [0.25, 0.3) is 5.83 Å². The predicted octanol–water partition coefficient (Wildman–Crippen LogP) is 5.06. The molecule has 2 unspecified atom stereocenters. The van der Waals surface area contributed by atoms with Crippen LogP contribution in [0.15, 0.2) is 18.0 Å². The molecule has 1 aromatic rings. The number of rotatable bonds is 4. The molecular formula is C15H15F5O. The van der Waals surface area contributed by atoms with Gasteiger partial charge in [-0.3, -0.25) is 0 Å². The standard InChI is InChI=1S/C15H15F5O/c1-2-3-9-4-5-12(21-9)15(20)13(18)8-6-10(16)14(19)11(17)7-8/h6-7,9,12H,2-5H2,1H3/b15-13+. The summed E-state index contributed by atoms with van der Waals surface area (Å²) in [4.78, 5) is 0. The van der Waals surface area contributed by atoms with Crippen LogP contribution in [0, 0.1) is 17.5 Å². The summed E-state index contributed by atoms with van der Waals surface area (Å²) in [5.74, 6) is -7.48. The maximum absolute atomic E-state index is 14.0. The Hall–Kier alpha value is -1.43. The average molecular weight is 306 g/mol. The van der Waals surface area contributed by atoms with E-state index in [-0.39, 0.29) is 6.10 Å². The van der Waals surface area contributed by atoms with Gasteiger partial charge in [-0.15, -0.1) is 0 Å². The van der Waals surface area contributed by atoms with E-state index in [0.717, 1.165) is 12.8 Å². The second kappa shape index (κ2) is 6.56. The van der Waals surface area contributed by atoms with Crippen LogP contribution in [0.2, 0.25) is 0 Å². The van der Waals surface area contributed by atoms with E-state index in [2.05, 4.69) is 0 Å². The fourth-order valence-electron chi connectivity index (χ4n) is 2.39. The molecule has 1 saturated heterocycles. The van der Waals surface area contributed by atoms with E-state index in [9.17, 15) is 22.0 Å². The van der Waals surface area contributed by atoms with Crippen LogP contribution in [0.4, 0.5) is 22.0 Å². The van der Waals surface area contributed by atoms with Crippen LogP contribution in [-0.2, 0) is 4.74 Å². The lowest BCUT2D eigenvalue weighted by Gasteiger charge is -2.12. The van der Waals surface area contributed by atoms with Crippen molar-refractivity contribution in [2.45, 2.75) is 44.8 Å². The molecule has 2 atom stereocenters. The zero-order valence-corrected chi connectivity index (χ0v) is 11.4. The number of ether oxygens (including phenoxy) is 1. The van der Waals surface area contributed by atoms with Gasteiger partial charge in [0, 0.05) is 5.56 Å². The van der Waals surface area contributed by atoms with Gasteiger partial charge < -0.3 is 4.74 Å². The molecule has 0 aliphatic carbocycles. The zero-order chi connectivity index (χ0) is 15.6. The number of hydrogen-bond donors (Lipinski definition) is 0. The maximum Gasteiger partial charge on any atom is 0.194 e. The summed E-state index contributed by atoms with van der Waals surface area (Å²) in [5.41, 5.74) is -0.675. The van der Waals surface area contributed by atoms with E-state index in [1.807, 2.05) is 6.92 Å². The number of hydrogen-bond acceptors (Lipinski definition) is 1. The van der Waals surface area contributed by atoms with Crippen LogP contribution in [-0.4, -0.2) is 12.2 Å². The molecule has 1 heterocycles. The number of halogens is 5. The Morgan fingerprint density at radius 3 is 2.33 bits per heavy atom. The van der Waals surface area contributed by atoms with Crippen molar-refractivity contribution >= 4 is 5.83 Å².